The molecule has 7 heteroatoms. The van der Waals surface area contributed by atoms with Gasteiger partial charge in [-0.3, -0.25) is 9.52 Å². The summed E-state index contributed by atoms with van der Waals surface area (Å²) in [4.78, 5) is 16.4. The predicted octanol–water partition coefficient (Wildman–Crippen LogP) is 3.75. The Bertz CT molecular complexity index is 1080. The summed E-state index contributed by atoms with van der Waals surface area (Å²) in [5.74, 6) is -0.0403. The van der Waals surface area contributed by atoms with Crippen molar-refractivity contribution in [2.24, 2.45) is 0 Å². The molecule has 0 atom stereocenters. The van der Waals surface area contributed by atoms with Gasteiger partial charge in [-0.05, 0) is 55.8 Å². The number of benzene rings is 2. The number of anilines is 2. The van der Waals surface area contributed by atoms with Crippen molar-refractivity contribution in [2.45, 2.75) is 18.7 Å². The number of sulfonamides is 1. The Morgan fingerprint density at radius 1 is 0.963 bits per heavy atom. The summed E-state index contributed by atoms with van der Waals surface area (Å²) in [6, 6.07) is 16.5. The van der Waals surface area contributed by atoms with E-state index in [1.165, 1.54) is 18.2 Å². The van der Waals surface area contributed by atoms with E-state index in [9.17, 15) is 13.2 Å². The molecule has 3 rings (SSSR count). The first-order valence-electron chi connectivity index (χ1n) is 8.28. The van der Waals surface area contributed by atoms with Crippen molar-refractivity contribution in [2.75, 3.05) is 10.0 Å². The van der Waals surface area contributed by atoms with Gasteiger partial charge in [-0.15, -0.1) is 0 Å². The van der Waals surface area contributed by atoms with Crippen LogP contribution in [0.3, 0.4) is 0 Å². The van der Waals surface area contributed by atoms with Crippen LogP contribution >= 0.6 is 0 Å². The van der Waals surface area contributed by atoms with Crippen LogP contribution in [0.25, 0.3) is 0 Å². The van der Waals surface area contributed by atoms with Gasteiger partial charge in [0.2, 0.25) is 0 Å². The molecule has 0 bridgehead atoms. The van der Waals surface area contributed by atoms with E-state index in [0.29, 0.717) is 11.5 Å². The lowest BCUT2D eigenvalue weighted by Crippen LogP contribution is -2.16. The molecule has 0 aliphatic carbocycles. The molecule has 6 nitrogen and oxygen atoms in total. The summed E-state index contributed by atoms with van der Waals surface area (Å²) in [5.41, 5.74) is 2.60. The van der Waals surface area contributed by atoms with Gasteiger partial charge in [0.1, 0.15) is 5.82 Å². The fourth-order valence-corrected chi connectivity index (χ4v) is 3.74. The standard InChI is InChI=1S/C20H19N3O3S/c1-14-9-10-18(15(2)12-14)23-27(25,26)17-7-5-6-16(13-17)20(24)22-19-8-3-4-11-21-19/h3-13,23H,1-2H3,(H,21,22,24). The zero-order valence-electron chi connectivity index (χ0n) is 14.9. The molecule has 0 radical (unpaired) electrons. The topological polar surface area (TPSA) is 88.2 Å². The van der Waals surface area contributed by atoms with Gasteiger partial charge >= 0.3 is 0 Å². The van der Waals surface area contributed by atoms with E-state index in [-0.39, 0.29) is 10.5 Å². The van der Waals surface area contributed by atoms with Gasteiger partial charge in [0.25, 0.3) is 15.9 Å². The summed E-state index contributed by atoms with van der Waals surface area (Å²) in [6.45, 7) is 3.77. The second kappa shape index (κ2) is 7.59. The molecule has 3 aromatic rings. The number of nitrogens with one attached hydrogen (secondary N) is 2. The molecule has 0 saturated carbocycles. The normalized spacial score (nSPS) is 11.0. The highest BCUT2D eigenvalue weighted by Crippen LogP contribution is 2.21. The molecule has 2 aromatic carbocycles. The van der Waals surface area contributed by atoms with Crippen LogP contribution in [-0.2, 0) is 10.0 Å². The lowest BCUT2D eigenvalue weighted by Gasteiger charge is -2.12. The second-order valence-corrected chi connectivity index (χ2v) is 7.80. The molecule has 0 unspecified atom stereocenters. The second-order valence-electron chi connectivity index (χ2n) is 6.12. The van der Waals surface area contributed by atoms with Crippen LogP contribution in [0, 0.1) is 13.8 Å². The fraction of sp³-hybridized carbons (Fsp3) is 0.100. The summed E-state index contributed by atoms with van der Waals surface area (Å²) >= 11 is 0. The molecule has 0 saturated heterocycles. The number of carbonyl (C=O) groups is 1. The van der Waals surface area contributed by atoms with Gasteiger partial charge in [-0.25, -0.2) is 13.4 Å². The van der Waals surface area contributed by atoms with Crippen LogP contribution < -0.4 is 10.0 Å². The maximum Gasteiger partial charge on any atom is 0.261 e. The molecule has 1 heterocycles. The number of pyridine rings is 1. The molecule has 138 valence electrons. The lowest BCUT2D eigenvalue weighted by molar-refractivity contribution is 0.102. The molecule has 27 heavy (non-hydrogen) atoms. The van der Waals surface area contributed by atoms with Crippen LogP contribution in [0.4, 0.5) is 11.5 Å². The number of hydrogen-bond acceptors (Lipinski definition) is 4. The Morgan fingerprint density at radius 3 is 2.48 bits per heavy atom. The average molecular weight is 381 g/mol. The lowest BCUT2D eigenvalue weighted by atomic mass is 10.1. The SMILES string of the molecule is Cc1ccc(NS(=O)(=O)c2cccc(C(=O)Nc3ccccn3)c2)c(C)c1. The van der Waals surface area contributed by atoms with Crippen LogP contribution in [0.1, 0.15) is 21.5 Å². The minimum atomic E-state index is -3.82. The van der Waals surface area contributed by atoms with Crippen molar-refractivity contribution in [1.29, 1.82) is 0 Å². The third-order valence-corrected chi connectivity index (χ3v) is 5.30. The van der Waals surface area contributed by atoms with Crippen molar-refractivity contribution in [3.05, 3.63) is 83.6 Å². The first-order valence-corrected chi connectivity index (χ1v) is 9.76. The number of nitrogens with zero attached hydrogens (tertiary/aromatic N) is 1. The minimum absolute atomic E-state index is 0.0103. The Kier molecular flexibility index (Phi) is 5.23. The maximum absolute atomic E-state index is 12.7. The van der Waals surface area contributed by atoms with E-state index in [2.05, 4.69) is 15.0 Å². The Labute approximate surface area is 158 Å². The van der Waals surface area contributed by atoms with Crippen LogP contribution in [0.15, 0.2) is 71.8 Å². The quantitative estimate of drug-likeness (QED) is 0.704. The molecule has 0 fully saturated rings. The molecule has 2 N–H and O–H groups in total. The minimum Gasteiger partial charge on any atom is -0.307 e. The van der Waals surface area contributed by atoms with Crippen LogP contribution in [0.5, 0.6) is 0 Å². The van der Waals surface area contributed by atoms with Crippen LogP contribution in [0.2, 0.25) is 0 Å². The monoisotopic (exact) mass is 381 g/mol. The third-order valence-electron chi connectivity index (χ3n) is 3.94. The zero-order valence-corrected chi connectivity index (χ0v) is 15.7. The molecule has 1 aromatic heterocycles. The van der Waals surface area contributed by atoms with Gasteiger partial charge in [-0.1, -0.05) is 29.8 Å². The average Bonchev–Trinajstić information content (AvgIpc) is 2.65. The van der Waals surface area contributed by atoms with Crippen molar-refractivity contribution in [3.8, 4) is 0 Å². The first-order chi connectivity index (χ1) is 12.8. The Hall–Kier alpha value is -3.19. The molecular weight excluding hydrogens is 362 g/mol. The highest BCUT2D eigenvalue weighted by molar-refractivity contribution is 7.92. The van der Waals surface area contributed by atoms with Gasteiger partial charge in [0, 0.05) is 11.8 Å². The highest BCUT2D eigenvalue weighted by atomic mass is 32.2. The van der Waals surface area contributed by atoms with E-state index in [1.807, 2.05) is 26.0 Å². The van der Waals surface area contributed by atoms with E-state index < -0.39 is 15.9 Å². The number of aromatic nitrogens is 1. The number of aryl methyl sites for hydroxylation is 2. The van der Waals surface area contributed by atoms with Crippen molar-refractivity contribution in [1.82, 2.24) is 4.98 Å². The molecule has 0 aliphatic rings. The number of carbonyl (C=O) groups excluding carboxylic acids is 1. The van der Waals surface area contributed by atoms with Gasteiger partial charge in [0.15, 0.2) is 0 Å². The van der Waals surface area contributed by atoms with E-state index in [1.54, 1.807) is 36.5 Å². The van der Waals surface area contributed by atoms with E-state index in [0.717, 1.165) is 11.1 Å². The molecule has 0 spiro atoms. The smallest absolute Gasteiger partial charge is 0.261 e. The largest absolute Gasteiger partial charge is 0.307 e. The van der Waals surface area contributed by atoms with Gasteiger partial charge < -0.3 is 5.32 Å². The van der Waals surface area contributed by atoms with E-state index in [4.69, 9.17) is 0 Å². The van der Waals surface area contributed by atoms with Crippen molar-refractivity contribution in [3.63, 3.8) is 0 Å². The molecule has 1 amide bonds. The van der Waals surface area contributed by atoms with Crippen molar-refractivity contribution >= 4 is 27.4 Å². The number of amides is 1. The predicted molar refractivity (Wildman–Crippen MR) is 105 cm³/mol. The fourth-order valence-electron chi connectivity index (χ4n) is 2.56. The van der Waals surface area contributed by atoms with Crippen molar-refractivity contribution < 1.29 is 13.2 Å². The number of hydrogen-bond donors (Lipinski definition) is 2. The van der Waals surface area contributed by atoms with Gasteiger partial charge in [-0.2, -0.15) is 0 Å². The van der Waals surface area contributed by atoms with Gasteiger partial charge in [0.05, 0.1) is 10.6 Å². The third kappa shape index (κ3) is 4.51. The Morgan fingerprint density at radius 2 is 1.78 bits per heavy atom. The zero-order chi connectivity index (χ0) is 19.4. The Balaban J connectivity index is 1.84. The number of rotatable bonds is 5. The highest BCUT2D eigenvalue weighted by Gasteiger charge is 2.17. The summed E-state index contributed by atoms with van der Waals surface area (Å²) in [6.07, 6.45) is 1.56. The molecule has 0 aliphatic heterocycles. The first kappa shape index (κ1) is 18.6. The maximum atomic E-state index is 12.7. The summed E-state index contributed by atoms with van der Waals surface area (Å²) in [7, 11) is -3.82. The summed E-state index contributed by atoms with van der Waals surface area (Å²) < 4.78 is 28.0. The summed E-state index contributed by atoms with van der Waals surface area (Å²) in [5, 5.41) is 2.64. The molecular formula is C20H19N3O3S. The van der Waals surface area contributed by atoms with E-state index >= 15 is 0 Å². The van der Waals surface area contributed by atoms with Crippen LogP contribution in [-0.4, -0.2) is 19.3 Å².